The number of nitrogens with one attached hydrogen (secondary N) is 2. The first kappa shape index (κ1) is 21.3. The van der Waals surface area contributed by atoms with Crippen molar-refractivity contribution in [2.45, 2.75) is 32.6 Å². The van der Waals surface area contributed by atoms with Crippen molar-refractivity contribution in [2.75, 3.05) is 25.5 Å². The van der Waals surface area contributed by atoms with Crippen LogP contribution in [-0.4, -0.2) is 50.9 Å². The third kappa shape index (κ3) is 4.24. The molecule has 0 aromatic carbocycles. The van der Waals surface area contributed by atoms with Gasteiger partial charge in [-0.2, -0.15) is 0 Å². The van der Waals surface area contributed by atoms with E-state index in [2.05, 4.69) is 33.3 Å². The van der Waals surface area contributed by atoms with E-state index in [-0.39, 0.29) is 5.91 Å². The van der Waals surface area contributed by atoms with E-state index < -0.39 is 0 Å². The third-order valence-corrected chi connectivity index (χ3v) is 6.38. The SMILES string of the molecule is CC(=O)Nc1cc(-c2[nH]c3c(C4CCN(C)CC4)ccnc3c2-c2cccc(C)n2)ccn1. The predicted octanol–water partition coefficient (Wildman–Crippen LogP) is 4.76. The second kappa shape index (κ2) is 8.75. The average molecular weight is 441 g/mol. The molecular weight excluding hydrogens is 412 g/mol. The first-order valence-electron chi connectivity index (χ1n) is 11.4. The van der Waals surface area contributed by atoms with Crippen LogP contribution in [0.15, 0.2) is 48.8 Å². The number of likely N-dealkylation sites (tertiary alicyclic amines) is 1. The van der Waals surface area contributed by atoms with Crippen molar-refractivity contribution in [3.8, 4) is 22.5 Å². The van der Waals surface area contributed by atoms with Gasteiger partial charge < -0.3 is 15.2 Å². The van der Waals surface area contributed by atoms with Crippen LogP contribution in [0, 0.1) is 6.92 Å². The summed E-state index contributed by atoms with van der Waals surface area (Å²) in [5.41, 5.74) is 7.97. The third-order valence-electron chi connectivity index (χ3n) is 6.38. The highest BCUT2D eigenvalue weighted by molar-refractivity contribution is 6.02. The number of fused-ring (bicyclic) bond motifs is 1. The molecule has 1 aliphatic heterocycles. The van der Waals surface area contributed by atoms with E-state index in [0.29, 0.717) is 11.7 Å². The number of aromatic nitrogens is 4. The Kier molecular flexibility index (Phi) is 5.64. The molecule has 0 aliphatic carbocycles. The van der Waals surface area contributed by atoms with Gasteiger partial charge in [-0.15, -0.1) is 0 Å². The molecule has 0 radical (unpaired) electrons. The fourth-order valence-electron chi connectivity index (χ4n) is 4.75. The molecule has 5 rings (SSSR count). The molecule has 1 amide bonds. The fourth-order valence-corrected chi connectivity index (χ4v) is 4.75. The van der Waals surface area contributed by atoms with Gasteiger partial charge in [0.2, 0.25) is 5.91 Å². The van der Waals surface area contributed by atoms with Gasteiger partial charge in [-0.25, -0.2) is 4.98 Å². The van der Waals surface area contributed by atoms with Crippen LogP contribution in [0.2, 0.25) is 0 Å². The van der Waals surface area contributed by atoms with Crippen molar-refractivity contribution < 1.29 is 4.79 Å². The highest BCUT2D eigenvalue weighted by Crippen LogP contribution is 2.40. The lowest BCUT2D eigenvalue weighted by Gasteiger charge is -2.29. The highest BCUT2D eigenvalue weighted by atomic mass is 16.1. The molecule has 5 heterocycles. The summed E-state index contributed by atoms with van der Waals surface area (Å²) in [6.07, 6.45) is 5.89. The van der Waals surface area contributed by atoms with E-state index in [1.807, 2.05) is 43.5 Å². The number of hydrogen-bond donors (Lipinski definition) is 2. The number of carbonyl (C=O) groups is 1. The molecule has 0 bridgehead atoms. The van der Waals surface area contributed by atoms with Crippen molar-refractivity contribution in [1.82, 2.24) is 24.8 Å². The molecule has 1 aliphatic rings. The lowest BCUT2D eigenvalue weighted by molar-refractivity contribution is -0.114. The maximum Gasteiger partial charge on any atom is 0.222 e. The molecule has 1 fully saturated rings. The number of hydrogen-bond acceptors (Lipinski definition) is 5. The molecule has 0 spiro atoms. The van der Waals surface area contributed by atoms with Crippen LogP contribution in [0.5, 0.6) is 0 Å². The topological polar surface area (TPSA) is 86.8 Å². The average Bonchev–Trinajstić information content (AvgIpc) is 3.19. The minimum atomic E-state index is -0.150. The second-order valence-corrected chi connectivity index (χ2v) is 8.85. The van der Waals surface area contributed by atoms with Gasteiger partial charge in [0.25, 0.3) is 0 Å². The van der Waals surface area contributed by atoms with Gasteiger partial charge in [-0.3, -0.25) is 14.8 Å². The van der Waals surface area contributed by atoms with E-state index in [1.165, 1.54) is 12.5 Å². The summed E-state index contributed by atoms with van der Waals surface area (Å²) in [5, 5.41) is 2.78. The van der Waals surface area contributed by atoms with Crippen LogP contribution in [-0.2, 0) is 4.79 Å². The maximum atomic E-state index is 11.6. The number of nitrogens with zero attached hydrogens (tertiary/aromatic N) is 4. The smallest absolute Gasteiger partial charge is 0.222 e. The Hall–Kier alpha value is -3.58. The molecule has 4 aromatic heterocycles. The van der Waals surface area contributed by atoms with Gasteiger partial charge in [-0.1, -0.05) is 6.07 Å². The Morgan fingerprint density at radius 1 is 1.12 bits per heavy atom. The standard InChI is InChI=1S/C26H28N6O/c1-16-5-4-6-21(29-16)23-24(19-7-11-27-22(15-19)30-17(2)33)31-25-20(8-12-28-26(23)25)18-9-13-32(3)14-10-18/h4-8,11-12,15,18,31H,9-10,13-14H2,1-3H3,(H,27,30,33). The molecule has 0 atom stereocenters. The fraction of sp³-hybridized carbons (Fsp3) is 0.308. The molecule has 1 saturated heterocycles. The summed E-state index contributed by atoms with van der Waals surface area (Å²) in [7, 11) is 2.18. The zero-order chi connectivity index (χ0) is 22.9. The van der Waals surface area contributed by atoms with Crippen molar-refractivity contribution in [1.29, 1.82) is 0 Å². The van der Waals surface area contributed by atoms with Crippen LogP contribution < -0.4 is 5.32 Å². The number of piperidine rings is 1. The van der Waals surface area contributed by atoms with E-state index in [9.17, 15) is 4.79 Å². The normalized spacial score (nSPS) is 15.1. The molecule has 33 heavy (non-hydrogen) atoms. The van der Waals surface area contributed by atoms with Crippen molar-refractivity contribution in [3.05, 3.63) is 60.0 Å². The first-order chi connectivity index (χ1) is 16.0. The summed E-state index contributed by atoms with van der Waals surface area (Å²) in [4.78, 5) is 31.6. The largest absolute Gasteiger partial charge is 0.352 e. The monoisotopic (exact) mass is 440 g/mol. The number of rotatable bonds is 4. The summed E-state index contributed by atoms with van der Waals surface area (Å²) in [6, 6.07) is 12.0. The molecular formula is C26H28N6O. The van der Waals surface area contributed by atoms with Crippen LogP contribution in [0.4, 0.5) is 5.82 Å². The lowest BCUT2D eigenvalue weighted by atomic mass is 9.89. The van der Waals surface area contributed by atoms with Gasteiger partial charge in [0.15, 0.2) is 0 Å². The zero-order valence-corrected chi connectivity index (χ0v) is 19.2. The Labute approximate surface area is 193 Å². The Bertz CT molecular complexity index is 1320. The number of aryl methyl sites for hydroxylation is 1. The summed E-state index contributed by atoms with van der Waals surface area (Å²) < 4.78 is 0. The van der Waals surface area contributed by atoms with E-state index in [1.54, 1.807) is 6.20 Å². The molecule has 0 saturated carbocycles. The van der Waals surface area contributed by atoms with Crippen molar-refractivity contribution in [3.63, 3.8) is 0 Å². The van der Waals surface area contributed by atoms with Crippen molar-refractivity contribution >= 4 is 22.8 Å². The quantitative estimate of drug-likeness (QED) is 0.478. The maximum absolute atomic E-state index is 11.6. The summed E-state index contributed by atoms with van der Waals surface area (Å²) in [6.45, 7) is 5.67. The lowest BCUT2D eigenvalue weighted by Crippen LogP contribution is -2.29. The minimum Gasteiger partial charge on any atom is -0.352 e. The van der Waals surface area contributed by atoms with Crippen LogP contribution >= 0.6 is 0 Å². The Morgan fingerprint density at radius 3 is 2.67 bits per heavy atom. The Balaban J connectivity index is 1.72. The summed E-state index contributed by atoms with van der Waals surface area (Å²) >= 11 is 0. The highest BCUT2D eigenvalue weighted by Gasteiger charge is 2.25. The van der Waals surface area contributed by atoms with Gasteiger partial charge in [0.05, 0.1) is 28.0 Å². The van der Waals surface area contributed by atoms with E-state index >= 15 is 0 Å². The van der Waals surface area contributed by atoms with E-state index in [0.717, 1.165) is 65.2 Å². The van der Waals surface area contributed by atoms with Gasteiger partial charge in [-0.05, 0) is 81.7 Å². The number of pyridine rings is 3. The predicted molar refractivity (Wildman–Crippen MR) is 131 cm³/mol. The van der Waals surface area contributed by atoms with E-state index in [4.69, 9.17) is 9.97 Å². The Morgan fingerprint density at radius 2 is 1.91 bits per heavy atom. The van der Waals surface area contributed by atoms with Crippen molar-refractivity contribution in [2.24, 2.45) is 0 Å². The number of anilines is 1. The minimum absolute atomic E-state index is 0.150. The van der Waals surface area contributed by atoms with Crippen LogP contribution in [0.1, 0.15) is 36.9 Å². The van der Waals surface area contributed by atoms with Gasteiger partial charge in [0.1, 0.15) is 5.82 Å². The van der Waals surface area contributed by atoms with Crippen LogP contribution in [0.25, 0.3) is 33.5 Å². The molecule has 2 N–H and O–H groups in total. The zero-order valence-electron chi connectivity index (χ0n) is 19.2. The molecule has 168 valence electrons. The van der Waals surface area contributed by atoms with Gasteiger partial charge >= 0.3 is 0 Å². The van der Waals surface area contributed by atoms with Crippen LogP contribution in [0.3, 0.4) is 0 Å². The number of H-pyrrole nitrogens is 1. The summed E-state index contributed by atoms with van der Waals surface area (Å²) in [5.74, 6) is 0.859. The molecule has 7 nitrogen and oxygen atoms in total. The molecule has 7 heteroatoms. The first-order valence-corrected chi connectivity index (χ1v) is 11.4. The number of amides is 1. The number of carbonyl (C=O) groups excluding carboxylic acids is 1. The number of aromatic amines is 1. The second-order valence-electron chi connectivity index (χ2n) is 8.85. The van der Waals surface area contributed by atoms with Gasteiger partial charge in [0, 0.05) is 30.6 Å². The molecule has 0 unspecified atom stereocenters. The molecule has 4 aromatic rings.